The minimum atomic E-state index is 0.698. The summed E-state index contributed by atoms with van der Waals surface area (Å²) in [5, 5.41) is 0. The van der Waals surface area contributed by atoms with Crippen LogP contribution in [-0.2, 0) is 12.8 Å². The lowest BCUT2D eigenvalue weighted by Crippen LogP contribution is -2.04. The zero-order valence-electron chi connectivity index (χ0n) is 10.6. The van der Waals surface area contributed by atoms with E-state index in [0.717, 1.165) is 0 Å². The van der Waals surface area contributed by atoms with E-state index >= 15 is 0 Å². The molecule has 15 heavy (non-hydrogen) atoms. The quantitative estimate of drug-likeness (QED) is 0.619. The zero-order valence-corrected chi connectivity index (χ0v) is 10.6. The number of fused-ring (bicyclic) bond motifs is 1. The standard InChI is InChI=1S/C15H23/c1-10(2)14-9-15(11(3)4)13-8-6-5-7-12(13)14/h9-11H,5-8H2,1-4H3/q-1. The minimum absolute atomic E-state index is 0.698. The first kappa shape index (κ1) is 10.9. The normalized spacial score (nSPS) is 16.1. The van der Waals surface area contributed by atoms with Crippen LogP contribution in [0.4, 0.5) is 0 Å². The summed E-state index contributed by atoms with van der Waals surface area (Å²) in [6.45, 7) is 9.31. The molecule has 0 saturated carbocycles. The van der Waals surface area contributed by atoms with Gasteiger partial charge in [0.1, 0.15) is 0 Å². The fraction of sp³-hybridized carbons (Fsp3) is 0.667. The van der Waals surface area contributed by atoms with E-state index in [2.05, 4.69) is 33.8 Å². The number of hydrogen-bond acceptors (Lipinski definition) is 0. The van der Waals surface area contributed by atoms with Gasteiger partial charge in [0.25, 0.3) is 0 Å². The Labute approximate surface area is 94.1 Å². The predicted molar refractivity (Wildman–Crippen MR) is 66.9 cm³/mol. The molecule has 0 bridgehead atoms. The van der Waals surface area contributed by atoms with E-state index in [4.69, 9.17) is 0 Å². The molecule has 0 unspecified atom stereocenters. The highest BCUT2D eigenvalue weighted by atomic mass is 14.3. The van der Waals surface area contributed by atoms with Crippen molar-refractivity contribution in [2.45, 2.75) is 65.2 Å². The molecule has 0 aliphatic heterocycles. The first-order chi connectivity index (χ1) is 7.11. The molecule has 1 aliphatic rings. The monoisotopic (exact) mass is 203 g/mol. The molecule has 0 N–H and O–H groups in total. The van der Waals surface area contributed by atoms with E-state index < -0.39 is 0 Å². The summed E-state index contributed by atoms with van der Waals surface area (Å²) in [5.41, 5.74) is 6.68. The van der Waals surface area contributed by atoms with Crippen LogP contribution in [0.2, 0.25) is 0 Å². The van der Waals surface area contributed by atoms with Gasteiger partial charge in [-0.3, -0.25) is 0 Å². The van der Waals surface area contributed by atoms with Crippen LogP contribution in [-0.4, -0.2) is 0 Å². The van der Waals surface area contributed by atoms with E-state index in [0.29, 0.717) is 11.8 Å². The van der Waals surface area contributed by atoms with E-state index in [9.17, 15) is 0 Å². The number of hydrogen-bond donors (Lipinski definition) is 0. The van der Waals surface area contributed by atoms with Gasteiger partial charge in [-0.25, -0.2) is 0 Å². The summed E-state index contributed by atoms with van der Waals surface area (Å²) < 4.78 is 0. The van der Waals surface area contributed by atoms with Crippen molar-refractivity contribution in [2.24, 2.45) is 0 Å². The Bertz CT molecular complexity index is 307. The molecule has 84 valence electrons. The molecule has 0 fully saturated rings. The SMILES string of the molecule is CC(C)c1c[c-](C(C)C)c2c1CCCC2. The maximum Gasteiger partial charge on any atom is -0.0509 e. The molecule has 0 heterocycles. The molecule has 0 amide bonds. The van der Waals surface area contributed by atoms with E-state index in [-0.39, 0.29) is 0 Å². The Kier molecular flexibility index (Phi) is 2.95. The average molecular weight is 203 g/mol. The summed E-state index contributed by atoms with van der Waals surface area (Å²) in [7, 11) is 0. The molecule has 1 aromatic rings. The van der Waals surface area contributed by atoms with Crippen molar-refractivity contribution in [2.75, 3.05) is 0 Å². The molecule has 0 heteroatoms. The first-order valence-electron chi connectivity index (χ1n) is 6.42. The van der Waals surface area contributed by atoms with Crippen molar-refractivity contribution >= 4 is 0 Å². The molecule has 0 radical (unpaired) electrons. The molecule has 0 spiro atoms. The molecular weight excluding hydrogens is 180 g/mol. The highest BCUT2D eigenvalue weighted by Gasteiger charge is 2.13. The highest BCUT2D eigenvalue weighted by Crippen LogP contribution is 2.37. The Morgan fingerprint density at radius 2 is 1.73 bits per heavy atom. The summed E-state index contributed by atoms with van der Waals surface area (Å²) in [5.74, 6) is 1.40. The molecule has 0 saturated heterocycles. The smallest absolute Gasteiger partial charge is 0.0509 e. The van der Waals surface area contributed by atoms with Gasteiger partial charge in [-0.15, -0.1) is 0 Å². The maximum atomic E-state index is 2.49. The van der Waals surface area contributed by atoms with Crippen molar-refractivity contribution < 1.29 is 0 Å². The van der Waals surface area contributed by atoms with Crippen LogP contribution in [0.1, 0.15) is 74.6 Å². The largest absolute Gasteiger partial charge is 0.193 e. The van der Waals surface area contributed by atoms with Crippen LogP contribution in [0.15, 0.2) is 6.07 Å². The van der Waals surface area contributed by atoms with Gasteiger partial charge in [0.05, 0.1) is 0 Å². The third-order valence-corrected chi connectivity index (χ3v) is 3.72. The van der Waals surface area contributed by atoms with Crippen LogP contribution in [0.25, 0.3) is 0 Å². The molecular formula is C15H23-. The van der Waals surface area contributed by atoms with Crippen molar-refractivity contribution in [3.05, 3.63) is 28.3 Å². The van der Waals surface area contributed by atoms with Crippen LogP contribution in [0.5, 0.6) is 0 Å². The second-order valence-electron chi connectivity index (χ2n) is 5.53. The lowest BCUT2D eigenvalue weighted by atomic mass is 9.88. The molecule has 1 aromatic carbocycles. The second kappa shape index (κ2) is 4.08. The Morgan fingerprint density at radius 3 is 2.33 bits per heavy atom. The number of rotatable bonds is 2. The van der Waals surface area contributed by atoms with Crippen LogP contribution in [0, 0.1) is 0 Å². The second-order valence-corrected chi connectivity index (χ2v) is 5.53. The van der Waals surface area contributed by atoms with Crippen LogP contribution < -0.4 is 0 Å². The molecule has 0 nitrogen and oxygen atoms in total. The molecule has 0 atom stereocenters. The summed E-state index contributed by atoms with van der Waals surface area (Å²) >= 11 is 0. The van der Waals surface area contributed by atoms with Crippen molar-refractivity contribution in [1.82, 2.24) is 0 Å². The van der Waals surface area contributed by atoms with Gasteiger partial charge >= 0.3 is 0 Å². The highest BCUT2D eigenvalue weighted by molar-refractivity contribution is 5.48. The summed E-state index contributed by atoms with van der Waals surface area (Å²) in [6.07, 6.45) is 5.45. The lowest BCUT2D eigenvalue weighted by Gasteiger charge is -2.25. The van der Waals surface area contributed by atoms with Gasteiger partial charge in [0.15, 0.2) is 0 Å². The zero-order chi connectivity index (χ0) is 11.0. The van der Waals surface area contributed by atoms with Crippen LogP contribution >= 0.6 is 0 Å². The minimum Gasteiger partial charge on any atom is -0.193 e. The van der Waals surface area contributed by atoms with Crippen molar-refractivity contribution in [3.63, 3.8) is 0 Å². The summed E-state index contributed by atoms with van der Waals surface area (Å²) in [6, 6.07) is 2.49. The third kappa shape index (κ3) is 1.87. The maximum absolute atomic E-state index is 2.49. The van der Waals surface area contributed by atoms with Gasteiger partial charge in [0.2, 0.25) is 0 Å². The first-order valence-corrected chi connectivity index (χ1v) is 6.42. The topological polar surface area (TPSA) is 0 Å². The van der Waals surface area contributed by atoms with Gasteiger partial charge in [-0.1, -0.05) is 65.2 Å². The van der Waals surface area contributed by atoms with E-state index in [1.165, 1.54) is 25.7 Å². The fourth-order valence-electron chi connectivity index (χ4n) is 2.91. The van der Waals surface area contributed by atoms with Crippen LogP contribution in [0.3, 0.4) is 0 Å². The average Bonchev–Trinajstić information content (AvgIpc) is 2.56. The van der Waals surface area contributed by atoms with E-state index in [1.54, 1.807) is 22.3 Å². The summed E-state index contributed by atoms with van der Waals surface area (Å²) in [4.78, 5) is 0. The van der Waals surface area contributed by atoms with Gasteiger partial charge < -0.3 is 0 Å². The van der Waals surface area contributed by atoms with Gasteiger partial charge in [0, 0.05) is 0 Å². The van der Waals surface area contributed by atoms with Crippen molar-refractivity contribution in [1.29, 1.82) is 0 Å². The Hall–Kier alpha value is -0.650. The predicted octanol–water partition coefficient (Wildman–Crippen LogP) is 4.53. The van der Waals surface area contributed by atoms with Gasteiger partial charge in [-0.05, 0) is 0 Å². The van der Waals surface area contributed by atoms with Gasteiger partial charge in [-0.2, -0.15) is 28.3 Å². The molecule has 2 rings (SSSR count). The Morgan fingerprint density at radius 1 is 1.07 bits per heavy atom. The molecule has 0 aromatic heterocycles. The fourth-order valence-corrected chi connectivity index (χ4v) is 2.91. The van der Waals surface area contributed by atoms with Crippen molar-refractivity contribution in [3.8, 4) is 0 Å². The third-order valence-electron chi connectivity index (χ3n) is 3.72. The molecule has 1 aliphatic carbocycles. The van der Waals surface area contributed by atoms with E-state index in [1.807, 2.05) is 0 Å². The lowest BCUT2D eigenvalue weighted by molar-refractivity contribution is 0.670. The Balaban J connectivity index is 2.49.